The lowest BCUT2D eigenvalue weighted by molar-refractivity contribution is -0.115. The number of carbonyl (C=O) groups is 1. The summed E-state index contributed by atoms with van der Waals surface area (Å²) in [5.41, 5.74) is 3.98. The highest BCUT2D eigenvalue weighted by molar-refractivity contribution is 8.00. The molecule has 6 nitrogen and oxygen atoms in total. The molecule has 30 heavy (non-hydrogen) atoms. The molecule has 0 radical (unpaired) electrons. The predicted octanol–water partition coefficient (Wildman–Crippen LogP) is 5.15. The maximum Gasteiger partial charge on any atom is 0.277 e. The van der Waals surface area contributed by atoms with Gasteiger partial charge in [-0.25, -0.2) is 0 Å². The molecule has 1 aromatic heterocycles. The van der Waals surface area contributed by atoms with Crippen LogP contribution in [0, 0.1) is 6.92 Å². The Morgan fingerprint density at radius 1 is 1.07 bits per heavy atom. The van der Waals surface area contributed by atoms with Gasteiger partial charge in [0.05, 0.1) is 5.25 Å². The summed E-state index contributed by atoms with van der Waals surface area (Å²) in [5, 5.41) is 11.2. The predicted molar refractivity (Wildman–Crippen MR) is 121 cm³/mol. The van der Waals surface area contributed by atoms with Gasteiger partial charge in [-0.2, -0.15) is 0 Å². The van der Waals surface area contributed by atoms with Crippen LogP contribution in [0.4, 0.5) is 11.4 Å². The quantitative estimate of drug-likeness (QED) is 0.554. The topological polar surface area (TPSA) is 71.3 Å². The number of thioether (sulfide) groups is 1. The first-order chi connectivity index (χ1) is 14.6. The lowest BCUT2D eigenvalue weighted by atomic mass is 10.1. The molecule has 0 bridgehead atoms. The lowest BCUT2D eigenvalue weighted by Gasteiger charge is -2.28. The van der Waals surface area contributed by atoms with E-state index < -0.39 is 0 Å². The number of nitrogens with one attached hydrogen (secondary N) is 1. The van der Waals surface area contributed by atoms with Crippen LogP contribution in [0.25, 0.3) is 11.5 Å². The molecule has 0 unspecified atom stereocenters. The first kappa shape index (κ1) is 20.5. The summed E-state index contributed by atoms with van der Waals surface area (Å²) in [7, 11) is 0. The molecule has 3 aromatic rings. The van der Waals surface area contributed by atoms with Crippen molar-refractivity contribution in [2.45, 2.75) is 43.6 Å². The van der Waals surface area contributed by atoms with Gasteiger partial charge in [0, 0.05) is 30.0 Å². The summed E-state index contributed by atoms with van der Waals surface area (Å²) in [4.78, 5) is 15.0. The Kier molecular flexibility index (Phi) is 6.38. The van der Waals surface area contributed by atoms with E-state index in [1.54, 1.807) is 0 Å². The largest absolute Gasteiger partial charge is 0.411 e. The van der Waals surface area contributed by atoms with Gasteiger partial charge >= 0.3 is 0 Å². The van der Waals surface area contributed by atoms with Crippen molar-refractivity contribution in [3.8, 4) is 11.5 Å². The zero-order chi connectivity index (χ0) is 20.9. The first-order valence-electron chi connectivity index (χ1n) is 10.3. The van der Waals surface area contributed by atoms with Crippen molar-refractivity contribution in [3.63, 3.8) is 0 Å². The van der Waals surface area contributed by atoms with E-state index in [1.807, 2.05) is 50.2 Å². The Bertz CT molecular complexity index is 996. The summed E-state index contributed by atoms with van der Waals surface area (Å²) in [6, 6.07) is 15.9. The Morgan fingerprint density at radius 3 is 2.53 bits per heavy atom. The second-order valence-corrected chi connectivity index (χ2v) is 8.82. The SMILES string of the molecule is Cc1ccccc1-c1nnc(S[C@H](C)C(=O)Nc2ccc(N3CCCCC3)cc2)o1. The maximum absolute atomic E-state index is 12.6. The first-order valence-corrected chi connectivity index (χ1v) is 11.2. The number of anilines is 2. The molecule has 0 spiro atoms. The maximum atomic E-state index is 12.6. The number of nitrogens with zero attached hydrogens (tertiary/aromatic N) is 3. The number of hydrogen-bond acceptors (Lipinski definition) is 6. The molecule has 1 aliphatic heterocycles. The molecule has 4 rings (SSSR count). The van der Waals surface area contributed by atoms with Crippen LogP contribution in [-0.2, 0) is 4.79 Å². The van der Waals surface area contributed by atoms with E-state index in [-0.39, 0.29) is 11.2 Å². The Labute approximate surface area is 181 Å². The average Bonchev–Trinajstić information content (AvgIpc) is 3.23. The highest BCUT2D eigenvalue weighted by Gasteiger charge is 2.19. The molecule has 0 aliphatic carbocycles. The van der Waals surface area contributed by atoms with Gasteiger partial charge in [0.25, 0.3) is 5.22 Å². The third kappa shape index (κ3) is 4.84. The molecule has 2 aromatic carbocycles. The molecular weight excluding hydrogens is 396 g/mol. The van der Waals surface area contributed by atoms with Gasteiger partial charge in [-0.1, -0.05) is 30.0 Å². The van der Waals surface area contributed by atoms with Crippen LogP contribution in [-0.4, -0.2) is 34.4 Å². The highest BCUT2D eigenvalue weighted by atomic mass is 32.2. The van der Waals surface area contributed by atoms with Crippen molar-refractivity contribution in [3.05, 3.63) is 54.1 Å². The van der Waals surface area contributed by atoms with E-state index in [1.165, 1.54) is 36.7 Å². The normalized spacial score (nSPS) is 15.1. The van der Waals surface area contributed by atoms with E-state index in [4.69, 9.17) is 4.42 Å². The van der Waals surface area contributed by atoms with E-state index in [9.17, 15) is 4.79 Å². The molecule has 1 aliphatic rings. The van der Waals surface area contributed by atoms with Crippen molar-refractivity contribution in [2.75, 3.05) is 23.3 Å². The van der Waals surface area contributed by atoms with Crippen LogP contribution < -0.4 is 10.2 Å². The Morgan fingerprint density at radius 2 is 1.80 bits per heavy atom. The van der Waals surface area contributed by atoms with Gasteiger partial charge in [-0.15, -0.1) is 10.2 Å². The zero-order valence-corrected chi connectivity index (χ0v) is 18.1. The average molecular weight is 423 g/mol. The standard InChI is InChI=1S/C23H26N4O2S/c1-16-8-4-5-9-20(16)22-25-26-23(29-22)30-17(2)21(28)24-18-10-12-19(13-11-18)27-14-6-3-7-15-27/h4-5,8-13,17H,3,6-7,14-15H2,1-2H3,(H,24,28)/t17-/m1/s1. The van der Waals surface area contributed by atoms with Crippen LogP contribution in [0.3, 0.4) is 0 Å². The van der Waals surface area contributed by atoms with Gasteiger partial charge in [0.1, 0.15) is 0 Å². The smallest absolute Gasteiger partial charge is 0.277 e. The molecule has 1 N–H and O–H groups in total. The van der Waals surface area contributed by atoms with E-state index in [0.717, 1.165) is 29.9 Å². The van der Waals surface area contributed by atoms with Crippen LogP contribution in [0.1, 0.15) is 31.7 Å². The van der Waals surface area contributed by atoms with E-state index in [2.05, 4.69) is 32.5 Å². The number of benzene rings is 2. The van der Waals surface area contributed by atoms with Gasteiger partial charge in [0.15, 0.2) is 0 Å². The molecule has 1 atom stereocenters. The minimum absolute atomic E-state index is 0.0960. The molecule has 1 amide bonds. The Hall–Kier alpha value is -2.80. The summed E-state index contributed by atoms with van der Waals surface area (Å²) >= 11 is 1.26. The number of amides is 1. The van der Waals surface area contributed by atoms with Crippen molar-refractivity contribution >= 4 is 29.0 Å². The highest BCUT2D eigenvalue weighted by Crippen LogP contribution is 2.28. The fourth-order valence-electron chi connectivity index (χ4n) is 3.54. The van der Waals surface area contributed by atoms with Crippen molar-refractivity contribution < 1.29 is 9.21 Å². The number of rotatable bonds is 6. The van der Waals surface area contributed by atoms with Gasteiger partial charge < -0.3 is 14.6 Å². The second-order valence-electron chi connectivity index (χ2n) is 7.53. The monoisotopic (exact) mass is 422 g/mol. The number of aryl methyl sites for hydroxylation is 1. The molecular formula is C23H26N4O2S. The number of piperidine rings is 1. The van der Waals surface area contributed by atoms with Crippen LogP contribution in [0.15, 0.2) is 58.2 Å². The minimum atomic E-state index is -0.364. The van der Waals surface area contributed by atoms with Gasteiger partial charge in [-0.05, 0) is 69.0 Å². The van der Waals surface area contributed by atoms with E-state index in [0.29, 0.717) is 11.1 Å². The number of carbonyl (C=O) groups excluding carboxylic acids is 1. The Balaban J connectivity index is 1.34. The van der Waals surface area contributed by atoms with Crippen molar-refractivity contribution in [1.82, 2.24) is 10.2 Å². The zero-order valence-electron chi connectivity index (χ0n) is 17.3. The van der Waals surface area contributed by atoms with Gasteiger partial charge in [-0.3, -0.25) is 4.79 Å². The lowest BCUT2D eigenvalue weighted by Crippen LogP contribution is -2.29. The van der Waals surface area contributed by atoms with Crippen LogP contribution >= 0.6 is 11.8 Å². The molecule has 1 fully saturated rings. The van der Waals surface area contributed by atoms with Crippen LogP contribution in [0.2, 0.25) is 0 Å². The molecule has 0 saturated carbocycles. The van der Waals surface area contributed by atoms with Gasteiger partial charge in [0.2, 0.25) is 11.8 Å². The molecule has 7 heteroatoms. The number of aromatic nitrogens is 2. The van der Waals surface area contributed by atoms with E-state index >= 15 is 0 Å². The fraction of sp³-hybridized carbons (Fsp3) is 0.348. The third-order valence-corrected chi connectivity index (χ3v) is 6.22. The summed E-state index contributed by atoms with van der Waals surface area (Å²) in [6.07, 6.45) is 3.80. The fourth-order valence-corrected chi connectivity index (χ4v) is 4.22. The second kappa shape index (κ2) is 9.34. The van der Waals surface area contributed by atoms with Crippen LogP contribution in [0.5, 0.6) is 0 Å². The molecule has 156 valence electrons. The molecule has 1 saturated heterocycles. The third-order valence-electron chi connectivity index (χ3n) is 5.28. The minimum Gasteiger partial charge on any atom is -0.411 e. The summed E-state index contributed by atoms with van der Waals surface area (Å²) in [5.74, 6) is 0.373. The van der Waals surface area contributed by atoms with Crippen molar-refractivity contribution in [1.29, 1.82) is 0 Å². The molecule has 2 heterocycles. The summed E-state index contributed by atoms with van der Waals surface area (Å²) < 4.78 is 5.76. The number of hydrogen-bond donors (Lipinski definition) is 1. The summed E-state index contributed by atoms with van der Waals surface area (Å²) in [6.45, 7) is 6.04. The van der Waals surface area contributed by atoms with Crippen molar-refractivity contribution in [2.24, 2.45) is 0 Å².